The van der Waals surface area contributed by atoms with Crippen LogP contribution >= 0.6 is 15.9 Å². The van der Waals surface area contributed by atoms with Gasteiger partial charge in [0.15, 0.2) is 5.78 Å². The lowest BCUT2D eigenvalue weighted by molar-refractivity contribution is -0.170. The Kier molecular flexibility index (Phi) is 3.44. The number of Topliss-reactive ketones (excluding diaryl/α,β-unsaturated/α-hetero) is 1. The van der Waals surface area contributed by atoms with E-state index in [0.29, 0.717) is 29.9 Å². The number of fused-ring (bicyclic) bond motifs is 5. The summed E-state index contributed by atoms with van der Waals surface area (Å²) in [7, 11) is 1.34. The van der Waals surface area contributed by atoms with Crippen LogP contribution in [0.5, 0.6) is 5.75 Å². The molecule has 6 heteroatoms. The summed E-state index contributed by atoms with van der Waals surface area (Å²) in [6.07, 6.45) is 1.22. The zero-order valence-electron chi connectivity index (χ0n) is 12.5. The lowest BCUT2D eigenvalue weighted by Crippen LogP contribution is -2.48. The van der Waals surface area contributed by atoms with E-state index < -0.39 is 18.2 Å². The lowest BCUT2D eigenvalue weighted by atomic mass is 9.72. The van der Waals surface area contributed by atoms with Crippen molar-refractivity contribution in [2.45, 2.75) is 31.5 Å². The maximum absolute atomic E-state index is 12.5. The highest BCUT2D eigenvalue weighted by Gasteiger charge is 2.53. The first-order chi connectivity index (χ1) is 11.1. The van der Waals surface area contributed by atoms with E-state index in [1.54, 1.807) is 0 Å². The van der Waals surface area contributed by atoms with Crippen molar-refractivity contribution in [3.8, 4) is 5.75 Å². The van der Waals surface area contributed by atoms with E-state index in [1.807, 2.05) is 18.2 Å². The third kappa shape index (κ3) is 2.19. The number of ether oxygens (including phenoxy) is 3. The Morgan fingerprint density at radius 3 is 2.91 bits per heavy atom. The zero-order chi connectivity index (χ0) is 16.1. The number of rotatable bonds is 1. The molecule has 3 atom stereocenters. The molecule has 2 aliphatic heterocycles. The van der Waals surface area contributed by atoms with E-state index in [2.05, 4.69) is 15.9 Å². The SMILES string of the molecule is COC(=O)[C@@H]1[C@@H]2OC3=C(C(=O)CCC3)[C@H]1c1cc(Br)ccc1O2. The molecule has 0 saturated carbocycles. The molecule has 1 aliphatic carbocycles. The summed E-state index contributed by atoms with van der Waals surface area (Å²) in [5.41, 5.74) is 1.45. The fourth-order valence-electron chi connectivity index (χ4n) is 3.68. The van der Waals surface area contributed by atoms with Gasteiger partial charge in [0.05, 0.1) is 7.11 Å². The number of carbonyl (C=O) groups is 2. The molecule has 0 radical (unpaired) electrons. The molecule has 2 heterocycles. The van der Waals surface area contributed by atoms with Gasteiger partial charge in [0.2, 0.25) is 0 Å². The number of hydrogen-bond donors (Lipinski definition) is 0. The lowest BCUT2D eigenvalue weighted by Gasteiger charge is -2.44. The molecule has 0 unspecified atom stereocenters. The monoisotopic (exact) mass is 378 g/mol. The quantitative estimate of drug-likeness (QED) is 0.702. The van der Waals surface area contributed by atoms with E-state index in [1.165, 1.54) is 7.11 Å². The summed E-state index contributed by atoms with van der Waals surface area (Å²) in [6.45, 7) is 0. The third-order valence-electron chi connectivity index (χ3n) is 4.65. The molecule has 0 spiro atoms. The molecule has 0 N–H and O–H groups in total. The summed E-state index contributed by atoms with van der Waals surface area (Å²) in [5.74, 6) is -0.0878. The minimum Gasteiger partial charge on any atom is -0.469 e. The van der Waals surface area contributed by atoms with Gasteiger partial charge in [-0.2, -0.15) is 0 Å². The fraction of sp³-hybridized carbons (Fsp3) is 0.412. The van der Waals surface area contributed by atoms with Crippen LogP contribution in [-0.4, -0.2) is 25.2 Å². The van der Waals surface area contributed by atoms with Gasteiger partial charge in [0, 0.05) is 34.4 Å². The molecule has 0 aromatic heterocycles. The summed E-state index contributed by atoms with van der Waals surface area (Å²) in [6, 6.07) is 5.60. The Morgan fingerprint density at radius 2 is 2.13 bits per heavy atom. The number of ketones is 1. The van der Waals surface area contributed by atoms with Crippen LogP contribution in [0.25, 0.3) is 0 Å². The molecule has 3 aliphatic rings. The van der Waals surface area contributed by atoms with E-state index in [0.717, 1.165) is 16.5 Å². The highest BCUT2D eigenvalue weighted by Crippen LogP contribution is 2.52. The molecule has 1 aromatic carbocycles. The first-order valence-corrected chi connectivity index (χ1v) is 8.36. The fourth-order valence-corrected chi connectivity index (χ4v) is 4.06. The Bertz CT molecular complexity index is 738. The van der Waals surface area contributed by atoms with E-state index in [4.69, 9.17) is 14.2 Å². The second-order valence-electron chi connectivity index (χ2n) is 5.93. The van der Waals surface area contributed by atoms with Crippen molar-refractivity contribution in [3.05, 3.63) is 39.6 Å². The van der Waals surface area contributed by atoms with Crippen LogP contribution in [-0.2, 0) is 19.1 Å². The number of allylic oxidation sites excluding steroid dienone is 2. The summed E-state index contributed by atoms with van der Waals surface area (Å²) in [5, 5.41) is 0. The Morgan fingerprint density at radius 1 is 1.30 bits per heavy atom. The van der Waals surface area contributed by atoms with Crippen molar-refractivity contribution < 1.29 is 23.8 Å². The van der Waals surface area contributed by atoms with E-state index in [9.17, 15) is 9.59 Å². The summed E-state index contributed by atoms with van der Waals surface area (Å²) < 4.78 is 17.6. The Hall–Kier alpha value is -1.82. The third-order valence-corrected chi connectivity index (χ3v) is 5.15. The van der Waals surface area contributed by atoms with E-state index >= 15 is 0 Å². The van der Waals surface area contributed by atoms with Crippen molar-refractivity contribution in [1.82, 2.24) is 0 Å². The molecule has 23 heavy (non-hydrogen) atoms. The highest BCUT2D eigenvalue weighted by atomic mass is 79.9. The first-order valence-electron chi connectivity index (χ1n) is 7.57. The van der Waals surface area contributed by atoms with Gasteiger partial charge in [0.25, 0.3) is 6.29 Å². The molecule has 2 bridgehead atoms. The average Bonchev–Trinajstić information content (AvgIpc) is 2.54. The van der Waals surface area contributed by atoms with Crippen LogP contribution in [0.4, 0.5) is 0 Å². The number of benzene rings is 1. The van der Waals surface area contributed by atoms with Crippen molar-refractivity contribution >= 4 is 27.7 Å². The number of hydrogen-bond acceptors (Lipinski definition) is 5. The van der Waals surface area contributed by atoms with Crippen molar-refractivity contribution in [2.24, 2.45) is 5.92 Å². The van der Waals surface area contributed by atoms with Crippen LogP contribution in [0.15, 0.2) is 34.0 Å². The number of esters is 1. The second kappa shape index (κ2) is 5.37. The van der Waals surface area contributed by atoms with Gasteiger partial charge in [0.1, 0.15) is 17.4 Å². The molecule has 4 rings (SSSR count). The minimum absolute atomic E-state index is 0.0522. The molecular weight excluding hydrogens is 364 g/mol. The molecule has 120 valence electrons. The van der Waals surface area contributed by atoms with Gasteiger partial charge in [-0.25, -0.2) is 0 Å². The minimum atomic E-state index is -0.745. The van der Waals surface area contributed by atoms with Crippen LogP contribution < -0.4 is 4.74 Å². The molecule has 0 saturated heterocycles. The smallest absolute Gasteiger partial charge is 0.317 e. The van der Waals surface area contributed by atoms with Gasteiger partial charge in [-0.15, -0.1) is 0 Å². The van der Waals surface area contributed by atoms with Gasteiger partial charge >= 0.3 is 5.97 Å². The van der Waals surface area contributed by atoms with Crippen LogP contribution in [0.3, 0.4) is 0 Å². The van der Waals surface area contributed by atoms with Gasteiger partial charge in [-0.05, 0) is 24.6 Å². The zero-order valence-corrected chi connectivity index (χ0v) is 14.1. The standard InChI is InChI=1S/C17H15BrO5/c1-21-16(20)15-13-9-7-8(18)5-6-11(9)22-17(15)23-12-4-2-3-10(19)14(12)13/h5-7,13,15,17H,2-4H2,1H3/t13-,15-,17+/m1/s1. The first kappa shape index (κ1) is 14.8. The van der Waals surface area contributed by atoms with Crippen molar-refractivity contribution in [3.63, 3.8) is 0 Å². The molecule has 0 fully saturated rings. The van der Waals surface area contributed by atoms with E-state index in [-0.39, 0.29) is 11.7 Å². The van der Waals surface area contributed by atoms with Crippen LogP contribution in [0.1, 0.15) is 30.7 Å². The number of halogens is 1. The maximum Gasteiger partial charge on any atom is 0.317 e. The largest absolute Gasteiger partial charge is 0.469 e. The summed E-state index contributed by atoms with van der Waals surface area (Å²) >= 11 is 3.45. The van der Waals surface area contributed by atoms with Crippen LogP contribution in [0.2, 0.25) is 0 Å². The molecule has 0 amide bonds. The van der Waals surface area contributed by atoms with Crippen molar-refractivity contribution in [1.29, 1.82) is 0 Å². The van der Waals surface area contributed by atoms with Crippen LogP contribution in [0, 0.1) is 5.92 Å². The predicted octanol–water partition coefficient (Wildman–Crippen LogP) is 3.08. The average molecular weight is 379 g/mol. The molecule has 5 nitrogen and oxygen atoms in total. The van der Waals surface area contributed by atoms with Gasteiger partial charge in [-0.3, -0.25) is 9.59 Å². The Balaban J connectivity index is 1.93. The maximum atomic E-state index is 12.5. The predicted molar refractivity (Wildman–Crippen MR) is 83.8 cm³/mol. The number of carbonyl (C=O) groups excluding carboxylic acids is 2. The second-order valence-corrected chi connectivity index (χ2v) is 6.84. The molecule has 1 aromatic rings. The number of methoxy groups -OCH3 is 1. The Labute approximate surface area is 141 Å². The summed E-state index contributed by atoms with van der Waals surface area (Å²) in [4.78, 5) is 24.9. The molecular formula is C17H15BrO5. The topological polar surface area (TPSA) is 61.8 Å². The van der Waals surface area contributed by atoms with Gasteiger partial charge in [-0.1, -0.05) is 15.9 Å². The normalized spacial score (nSPS) is 28.3. The highest BCUT2D eigenvalue weighted by molar-refractivity contribution is 9.10. The van der Waals surface area contributed by atoms with Crippen molar-refractivity contribution in [2.75, 3.05) is 7.11 Å². The van der Waals surface area contributed by atoms with Gasteiger partial charge < -0.3 is 14.2 Å².